The molecule has 0 saturated carbocycles. The highest BCUT2D eigenvalue weighted by atomic mass is 16.5. The lowest BCUT2D eigenvalue weighted by Gasteiger charge is -2.12. The van der Waals surface area contributed by atoms with E-state index >= 15 is 0 Å². The van der Waals surface area contributed by atoms with Gasteiger partial charge in [0.1, 0.15) is 5.75 Å². The fourth-order valence-corrected chi connectivity index (χ4v) is 3.30. The van der Waals surface area contributed by atoms with Crippen LogP contribution in [0.2, 0.25) is 0 Å². The molecule has 0 spiro atoms. The number of hydrogen-bond acceptors (Lipinski definition) is 6. The predicted octanol–water partition coefficient (Wildman–Crippen LogP) is 4.21. The SMILES string of the molecule is CCOc1ccc(Cn2cc(NC(=O)c3ccn(COc4ccccc4)n3)cn2)cc1OCC. The Hall–Kier alpha value is -4.27. The van der Waals surface area contributed by atoms with Gasteiger partial charge in [0, 0.05) is 12.4 Å². The molecule has 1 amide bonds. The molecular formula is C25H27N5O4. The molecule has 4 aromatic rings. The number of ether oxygens (including phenoxy) is 3. The number of nitrogens with zero attached hydrogens (tertiary/aromatic N) is 4. The van der Waals surface area contributed by atoms with Crippen molar-refractivity contribution in [3.05, 3.63) is 84.4 Å². The van der Waals surface area contributed by atoms with Crippen LogP contribution < -0.4 is 19.5 Å². The van der Waals surface area contributed by atoms with Crippen LogP contribution in [0.4, 0.5) is 5.69 Å². The van der Waals surface area contributed by atoms with E-state index in [-0.39, 0.29) is 18.3 Å². The highest BCUT2D eigenvalue weighted by Gasteiger charge is 2.12. The van der Waals surface area contributed by atoms with E-state index in [1.54, 1.807) is 34.0 Å². The van der Waals surface area contributed by atoms with Gasteiger partial charge in [-0.2, -0.15) is 10.2 Å². The van der Waals surface area contributed by atoms with Gasteiger partial charge in [0.05, 0.1) is 31.6 Å². The van der Waals surface area contributed by atoms with Gasteiger partial charge in [-0.1, -0.05) is 24.3 Å². The summed E-state index contributed by atoms with van der Waals surface area (Å²) in [7, 11) is 0. The summed E-state index contributed by atoms with van der Waals surface area (Å²) in [6.07, 6.45) is 5.07. The number of nitrogens with one attached hydrogen (secondary N) is 1. The lowest BCUT2D eigenvalue weighted by molar-refractivity contribution is 0.102. The number of rotatable bonds is 11. The molecule has 34 heavy (non-hydrogen) atoms. The summed E-state index contributed by atoms with van der Waals surface area (Å²) in [5.41, 5.74) is 1.87. The molecule has 9 nitrogen and oxygen atoms in total. The van der Waals surface area contributed by atoms with E-state index in [0.29, 0.717) is 31.2 Å². The zero-order valence-electron chi connectivity index (χ0n) is 19.2. The van der Waals surface area contributed by atoms with Crippen LogP contribution in [0, 0.1) is 0 Å². The quantitative estimate of drug-likeness (QED) is 0.360. The summed E-state index contributed by atoms with van der Waals surface area (Å²) in [5.74, 6) is 1.83. The van der Waals surface area contributed by atoms with E-state index in [1.165, 1.54) is 0 Å². The number of carbonyl (C=O) groups is 1. The molecule has 0 radical (unpaired) electrons. The molecular weight excluding hydrogens is 434 g/mol. The highest BCUT2D eigenvalue weighted by molar-refractivity contribution is 6.02. The minimum absolute atomic E-state index is 0.209. The number of anilines is 1. The molecule has 176 valence electrons. The van der Waals surface area contributed by atoms with Crippen LogP contribution in [0.5, 0.6) is 17.2 Å². The van der Waals surface area contributed by atoms with Crippen molar-refractivity contribution < 1.29 is 19.0 Å². The second kappa shape index (κ2) is 11.0. The Morgan fingerprint density at radius 1 is 0.941 bits per heavy atom. The first kappa shape index (κ1) is 22.9. The Balaban J connectivity index is 1.34. The topological polar surface area (TPSA) is 92.4 Å². The molecule has 1 N–H and O–H groups in total. The molecule has 2 aromatic carbocycles. The summed E-state index contributed by atoms with van der Waals surface area (Å²) >= 11 is 0. The summed E-state index contributed by atoms with van der Waals surface area (Å²) in [6.45, 7) is 5.72. The van der Waals surface area contributed by atoms with Crippen LogP contribution in [-0.4, -0.2) is 38.7 Å². The molecule has 0 aliphatic rings. The predicted molar refractivity (Wildman–Crippen MR) is 127 cm³/mol. The van der Waals surface area contributed by atoms with E-state index in [4.69, 9.17) is 14.2 Å². The highest BCUT2D eigenvalue weighted by Crippen LogP contribution is 2.29. The maximum atomic E-state index is 12.6. The third-order valence-corrected chi connectivity index (χ3v) is 4.82. The molecule has 0 unspecified atom stereocenters. The van der Waals surface area contributed by atoms with Crippen molar-refractivity contribution in [2.24, 2.45) is 0 Å². The molecule has 0 aliphatic heterocycles. The minimum atomic E-state index is -0.322. The van der Waals surface area contributed by atoms with Gasteiger partial charge in [-0.25, -0.2) is 4.68 Å². The van der Waals surface area contributed by atoms with Crippen LogP contribution >= 0.6 is 0 Å². The summed E-state index contributed by atoms with van der Waals surface area (Å²) in [4.78, 5) is 12.6. The molecule has 0 aliphatic carbocycles. The smallest absolute Gasteiger partial charge is 0.276 e. The Kier molecular flexibility index (Phi) is 7.44. The van der Waals surface area contributed by atoms with Gasteiger partial charge in [-0.05, 0) is 49.7 Å². The molecule has 4 rings (SSSR count). The van der Waals surface area contributed by atoms with Crippen LogP contribution in [0.15, 0.2) is 73.2 Å². The van der Waals surface area contributed by atoms with E-state index in [2.05, 4.69) is 15.5 Å². The van der Waals surface area contributed by atoms with Crippen molar-refractivity contribution in [2.75, 3.05) is 18.5 Å². The summed E-state index contributed by atoms with van der Waals surface area (Å²) in [6, 6.07) is 16.9. The molecule has 0 saturated heterocycles. The van der Waals surface area contributed by atoms with Gasteiger partial charge in [0.15, 0.2) is 23.9 Å². The van der Waals surface area contributed by atoms with Crippen LogP contribution in [0.3, 0.4) is 0 Å². The average Bonchev–Trinajstić information content (AvgIpc) is 3.50. The fourth-order valence-electron chi connectivity index (χ4n) is 3.30. The number of aromatic nitrogens is 4. The van der Waals surface area contributed by atoms with Crippen molar-refractivity contribution in [3.8, 4) is 17.2 Å². The largest absolute Gasteiger partial charge is 0.490 e. The molecule has 0 atom stereocenters. The van der Waals surface area contributed by atoms with E-state index in [9.17, 15) is 4.79 Å². The number of carbonyl (C=O) groups excluding carboxylic acids is 1. The second-order valence-corrected chi connectivity index (χ2v) is 7.35. The monoisotopic (exact) mass is 461 g/mol. The normalized spacial score (nSPS) is 10.6. The van der Waals surface area contributed by atoms with Gasteiger partial charge >= 0.3 is 0 Å². The molecule has 0 bridgehead atoms. The maximum absolute atomic E-state index is 12.6. The first-order chi connectivity index (χ1) is 16.6. The van der Waals surface area contributed by atoms with Crippen molar-refractivity contribution >= 4 is 11.6 Å². The van der Waals surface area contributed by atoms with Gasteiger partial charge in [-0.3, -0.25) is 9.48 Å². The van der Waals surface area contributed by atoms with Crippen molar-refractivity contribution in [1.29, 1.82) is 0 Å². The van der Waals surface area contributed by atoms with E-state index in [1.807, 2.05) is 62.4 Å². The summed E-state index contributed by atoms with van der Waals surface area (Å²) in [5, 5.41) is 11.4. The number of hydrogen-bond donors (Lipinski definition) is 1. The zero-order chi connectivity index (χ0) is 23.8. The maximum Gasteiger partial charge on any atom is 0.276 e. The molecule has 0 fully saturated rings. The average molecular weight is 462 g/mol. The van der Waals surface area contributed by atoms with Gasteiger partial charge in [0.25, 0.3) is 5.91 Å². The molecule has 2 aromatic heterocycles. The van der Waals surface area contributed by atoms with Gasteiger partial charge in [0.2, 0.25) is 0 Å². The van der Waals surface area contributed by atoms with E-state index in [0.717, 1.165) is 17.1 Å². The lowest BCUT2D eigenvalue weighted by Crippen LogP contribution is -2.14. The third-order valence-electron chi connectivity index (χ3n) is 4.82. The molecule has 2 heterocycles. The lowest BCUT2D eigenvalue weighted by atomic mass is 10.2. The standard InChI is InChI=1S/C25H27N5O4/c1-3-32-23-11-10-19(14-24(23)33-4-2)16-30-17-20(15-26-30)27-25(31)22-12-13-29(28-22)18-34-21-8-6-5-7-9-21/h5-15,17H,3-4,16,18H2,1-2H3,(H,27,31). The number of amides is 1. The van der Waals surface area contributed by atoms with Crippen LogP contribution in [0.1, 0.15) is 29.9 Å². The number of benzene rings is 2. The Morgan fingerprint density at radius 3 is 2.53 bits per heavy atom. The van der Waals surface area contributed by atoms with Gasteiger partial charge < -0.3 is 19.5 Å². The first-order valence-corrected chi connectivity index (χ1v) is 11.1. The fraction of sp³-hybridized carbons (Fsp3) is 0.240. The van der Waals surface area contributed by atoms with E-state index < -0.39 is 0 Å². The van der Waals surface area contributed by atoms with Crippen LogP contribution in [-0.2, 0) is 13.3 Å². The number of para-hydroxylation sites is 1. The van der Waals surface area contributed by atoms with Crippen molar-refractivity contribution in [3.63, 3.8) is 0 Å². The van der Waals surface area contributed by atoms with Crippen LogP contribution in [0.25, 0.3) is 0 Å². The minimum Gasteiger partial charge on any atom is -0.490 e. The summed E-state index contributed by atoms with van der Waals surface area (Å²) < 4.78 is 20.3. The first-order valence-electron chi connectivity index (χ1n) is 11.1. The van der Waals surface area contributed by atoms with Crippen molar-refractivity contribution in [1.82, 2.24) is 19.6 Å². The Bertz CT molecular complexity index is 1220. The van der Waals surface area contributed by atoms with Crippen molar-refractivity contribution in [2.45, 2.75) is 27.1 Å². The zero-order valence-corrected chi connectivity index (χ0v) is 19.2. The van der Waals surface area contributed by atoms with Gasteiger partial charge in [-0.15, -0.1) is 0 Å². The second-order valence-electron chi connectivity index (χ2n) is 7.35. The third kappa shape index (κ3) is 5.94. The molecule has 9 heteroatoms. The Labute approximate surface area is 197 Å². The Morgan fingerprint density at radius 2 is 1.74 bits per heavy atom.